The van der Waals surface area contributed by atoms with Crippen molar-refractivity contribution in [2.45, 2.75) is 68.2 Å². The van der Waals surface area contributed by atoms with Gasteiger partial charge < -0.3 is 0 Å². The van der Waals surface area contributed by atoms with Crippen molar-refractivity contribution >= 4 is 0 Å². The first kappa shape index (κ1) is 14.0. The average Bonchev–Trinajstić information content (AvgIpc) is 2.14. The summed E-state index contributed by atoms with van der Waals surface area (Å²) in [6.07, 6.45) is 2.58. The van der Waals surface area contributed by atoms with E-state index in [9.17, 15) is 0 Å². The highest BCUT2D eigenvalue weighted by atomic mass is 14.5. The van der Waals surface area contributed by atoms with E-state index in [4.69, 9.17) is 0 Å². The minimum Gasteiger partial charge on any atom is -0.0651 e. The monoisotopic (exact) mass is 198 g/mol. The van der Waals surface area contributed by atoms with Gasteiger partial charge in [0.15, 0.2) is 0 Å². The molecular formula is C14H30. The molecule has 0 radical (unpaired) electrons. The molecule has 0 saturated carbocycles. The SMILES string of the molecule is CCC(C)C(C)(CC)C(C)(C)C(C)C. The first-order chi connectivity index (χ1) is 6.24. The second kappa shape index (κ2) is 4.68. The molecule has 0 amide bonds. The maximum absolute atomic E-state index is 2.47. The predicted molar refractivity (Wildman–Crippen MR) is 66.5 cm³/mol. The van der Waals surface area contributed by atoms with Crippen LogP contribution >= 0.6 is 0 Å². The van der Waals surface area contributed by atoms with Gasteiger partial charge in [-0.3, -0.25) is 0 Å². The van der Waals surface area contributed by atoms with Crippen molar-refractivity contribution in [1.29, 1.82) is 0 Å². The molecule has 2 atom stereocenters. The van der Waals surface area contributed by atoms with E-state index in [0.29, 0.717) is 10.8 Å². The summed E-state index contributed by atoms with van der Waals surface area (Å²) in [5.74, 6) is 1.56. The zero-order chi connectivity index (χ0) is 11.6. The lowest BCUT2D eigenvalue weighted by Crippen LogP contribution is -2.43. The van der Waals surface area contributed by atoms with Crippen molar-refractivity contribution in [3.8, 4) is 0 Å². The Morgan fingerprint density at radius 1 is 0.929 bits per heavy atom. The van der Waals surface area contributed by atoms with Crippen LogP contribution in [0.2, 0.25) is 0 Å². The molecular weight excluding hydrogens is 168 g/mol. The smallest absolute Gasteiger partial charge is 0.0249 e. The van der Waals surface area contributed by atoms with Gasteiger partial charge in [-0.1, -0.05) is 61.8 Å². The first-order valence-electron chi connectivity index (χ1n) is 6.24. The van der Waals surface area contributed by atoms with Crippen LogP contribution < -0.4 is 0 Å². The van der Waals surface area contributed by atoms with Crippen LogP contribution in [0.4, 0.5) is 0 Å². The summed E-state index contributed by atoms with van der Waals surface area (Å²) in [5, 5.41) is 0. The van der Waals surface area contributed by atoms with Gasteiger partial charge in [0.2, 0.25) is 0 Å². The van der Waals surface area contributed by atoms with E-state index in [1.54, 1.807) is 0 Å². The van der Waals surface area contributed by atoms with Crippen molar-refractivity contribution < 1.29 is 0 Å². The van der Waals surface area contributed by atoms with Crippen molar-refractivity contribution in [2.75, 3.05) is 0 Å². The Morgan fingerprint density at radius 2 is 1.36 bits per heavy atom. The molecule has 14 heavy (non-hydrogen) atoms. The number of rotatable bonds is 5. The topological polar surface area (TPSA) is 0 Å². The minimum absolute atomic E-state index is 0.428. The highest BCUT2D eigenvalue weighted by Gasteiger charge is 2.44. The summed E-state index contributed by atoms with van der Waals surface area (Å²) in [6.45, 7) is 19.1. The third kappa shape index (κ3) is 2.15. The van der Waals surface area contributed by atoms with Crippen LogP contribution in [-0.2, 0) is 0 Å². The molecule has 0 nitrogen and oxygen atoms in total. The lowest BCUT2D eigenvalue weighted by atomic mass is 9.54. The van der Waals surface area contributed by atoms with Crippen LogP contribution in [0.15, 0.2) is 0 Å². The second-order valence-corrected chi connectivity index (χ2v) is 5.96. The molecule has 0 aromatic heterocycles. The Morgan fingerprint density at radius 3 is 1.57 bits per heavy atom. The average molecular weight is 198 g/mol. The van der Waals surface area contributed by atoms with Crippen molar-refractivity contribution in [2.24, 2.45) is 22.7 Å². The summed E-state index contributed by atoms with van der Waals surface area (Å²) in [6, 6.07) is 0. The maximum Gasteiger partial charge on any atom is -0.0249 e. The first-order valence-corrected chi connectivity index (χ1v) is 6.24. The highest BCUT2D eigenvalue weighted by Crippen LogP contribution is 2.52. The van der Waals surface area contributed by atoms with Crippen molar-refractivity contribution in [1.82, 2.24) is 0 Å². The fraction of sp³-hybridized carbons (Fsp3) is 1.00. The van der Waals surface area contributed by atoms with E-state index < -0.39 is 0 Å². The van der Waals surface area contributed by atoms with E-state index >= 15 is 0 Å². The van der Waals surface area contributed by atoms with Crippen LogP contribution in [0.25, 0.3) is 0 Å². The molecule has 0 aliphatic heterocycles. The molecule has 0 aliphatic carbocycles. The largest absolute Gasteiger partial charge is 0.0651 e. The van der Waals surface area contributed by atoms with Gasteiger partial charge in [0.05, 0.1) is 0 Å². The lowest BCUT2D eigenvalue weighted by molar-refractivity contribution is -0.0155. The fourth-order valence-electron chi connectivity index (χ4n) is 2.55. The molecule has 0 N–H and O–H groups in total. The van der Waals surface area contributed by atoms with E-state index in [1.807, 2.05) is 0 Å². The molecule has 0 aromatic rings. The van der Waals surface area contributed by atoms with Gasteiger partial charge in [-0.15, -0.1) is 0 Å². The standard InChI is InChI=1S/C14H30/c1-9-12(5)14(8,10-2)13(6,7)11(3)4/h11-12H,9-10H2,1-8H3. The molecule has 0 spiro atoms. The normalized spacial score (nSPS) is 19.5. The van der Waals surface area contributed by atoms with Crippen LogP contribution in [0, 0.1) is 22.7 Å². The summed E-state index contributed by atoms with van der Waals surface area (Å²) in [4.78, 5) is 0. The molecule has 0 heterocycles. The quantitative estimate of drug-likeness (QED) is 0.574. The summed E-state index contributed by atoms with van der Waals surface area (Å²) in [5.41, 5.74) is 0.896. The Labute approximate surface area is 91.5 Å². The Hall–Kier alpha value is 0. The van der Waals surface area contributed by atoms with Gasteiger partial charge in [-0.05, 0) is 29.1 Å². The van der Waals surface area contributed by atoms with Crippen LogP contribution in [0.5, 0.6) is 0 Å². The molecule has 2 unspecified atom stereocenters. The van der Waals surface area contributed by atoms with E-state index in [0.717, 1.165) is 11.8 Å². The molecule has 0 fully saturated rings. The number of hydrogen-bond acceptors (Lipinski definition) is 0. The van der Waals surface area contributed by atoms with Gasteiger partial charge in [0.25, 0.3) is 0 Å². The van der Waals surface area contributed by atoms with Crippen LogP contribution in [0.1, 0.15) is 68.2 Å². The highest BCUT2D eigenvalue weighted by molar-refractivity contribution is 4.93. The number of hydrogen-bond donors (Lipinski definition) is 0. The third-order valence-corrected chi connectivity index (χ3v) is 5.35. The maximum atomic E-state index is 2.47. The minimum atomic E-state index is 0.428. The Balaban J connectivity index is 5.02. The second-order valence-electron chi connectivity index (χ2n) is 5.96. The van der Waals surface area contributed by atoms with Gasteiger partial charge >= 0.3 is 0 Å². The molecule has 86 valence electrons. The molecule has 0 aromatic carbocycles. The van der Waals surface area contributed by atoms with Crippen LogP contribution in [-0.4, -0.2) is 0 Å². The molecule has 0 saturated heterocycles. The zero-order valence-electron chi connectivity index (χ0n) is 11.6. The van der Waals surface area contributed by atoms with E-state index in [2.05, 4.69) is 55.4 Å². The van der Waals surface area contributed by atoms with Gasteiger partial charge in [-0.25, -0.2) is 0 Å². The van der Waals surface area contributed by atoms with Crippen molar-refractivity contribution in [3.63, 3.8) is 0 Å². The Kier molecular flexibility index (Phi) is 4.68. The lowest BCUT2D eigenvalue weighted by Gasteiger charge is -2.51. The molecule has 0 bridgehead atoms. The fourth-order valence-corrected chi connectivity index (χ4v) is 2.55. The third-order valence-electron chi connectivity index (χ3n) is 5.35. The summed E-state index contributed by atoms with van der Waals surface area (Å²) in [7, 11) is 0. The molecule has 0 rings (SSSR count). The summed E-state index contributed by atoms with van der Waals surface area (Å²) < 4.78 is 0. The summed E-state index contributed by atoms with van der Waals surface area (Å²) >= 11 is 0. The van der Waals surface area contributed by atoms with Crippen molar-refractivity contribution in [3.05, 3.63) is 0 Å². The van der Waals surface area contributed by atoms with Gasteiger partial charge in [-0.2, -0.15) is 0 Å². The van der Waals surface area contributed by atoms with Crippen LogP contribution in [0.3, 0.4) is 0 Å². The predicted octanol–water partition coefficient (Wildman–Crippen LogP) is 5.13. The molecule has 0 heteroatoms. The van der Waals surface area contributed by atoms with E-state index in [-0.39, 0.29) is 0 Å². The van der Waals surface area contributed by atoms with E-state index in [1.165, 1.54) is 12.8 Å². The Bertz CT molecular complexity index is 167. The molecule has 0 aliphatic rings. The van der Waals surface area contributed by atoms with Gasteiger partial charge in [0.1, 0.15) is 0 Å². The van der Waals surface area contributed by atoms with Gasteiger partial charge in [0, 0.05) is 0 Å². The zero-order valence-corrected chi connectivity index (χ0v) is 11.6.